The van der Waals surface area contributed by atoms with Gasteiger partial charge in [0.25, 0.3) is 0 Å². The molecule has 1 saturated heterocycles. The number of nitrogens with one attached hydrogen (secondary N) is 2. The number of amides is 1. The molecule has 0 saturated carbocycles. The number of ether oxygens (including phenoxy) is 2. The number of aliphatic imine (C=N–C) groups is 1. The lowest BCUT2D eigenvalue weighted by atomic mass is 10.0. The normalized spacial score (nSPS) is 16.3. The van der Waals surface area contributed by atoms with Gasteiger partial charge in [-0.15, -0.1) is 24.0 Å². The molecule has 1 unspecified atom stereocenters. The van der Waals surface area contributed by atoms with E-state index in [-0.39, 0.29) is 42.5 Å². The number of hydrogen-bond acceptors (Lipinski definition) is 5. The molecule has 9 heteroatoms. The van der Waals surface area contributed by atoms with Crippen molar-refractivity contribution in [3.8, 4) is 5.75 Å². The van der Waals surface area contributed by atoms with Crippen molar-refractivity contribution in [2.45, 2.75) is 32.2 Å². The van der Waals surface area contributed by atoms with E-state index < -0.39 is 0 Å². The van der Waals surface area contributed by atoms with Crippen LogP contribution in [0.1, 0.15) is 26.2 Å². The van der Waals surface area contributed by atoms with E-state index in [0.717, 1.165) is 56.9 Å². The third-order valence-corrected chi connectivity index (χ3v) is 5.01. The Morgan fingerprint density at radius 1 is 1.35 bits per heavy atom. The van der Waals surface area contributed by atoms with Gasteiger partial charge in [-0.3, -0.25) is 4.79 Å². The molecule has 2 N–H and O–H groups in total. The van der Waals surface area contributed by atoms with Crippen LogP contribution in [0.5, 0.6) is 5.75 Å². The summed E-state index contributed by atoms with van der Waals surface area (Å²) in [5.74, 6) is 1.52. The van der Waals surface area contributed by atoms with E-state index in [1.54, 1.807) is 26.1 Å². The Morgan fingerprint density at radius 2 is 2.16 bits per heavy atom. The number of piperidine rings is 1. The minimum atomic E-state index is -0.0212. The number of rotatable bonds is 10. The van der Waals surface area contributed by atoms with Crippen LogP contribution >= 0.6 is 24.0 Å². The van der Waals surface area contributed by atoms with Gasteiger partial charge < -0.3 is 29.9 Å². The average molecular weight is 547 g/mol. The van der Waals surface area contributed by atoms with Gasteiger partial charge in [0.05, 0.1) is 7.11 Å². The van der Waals surface area contributed by atoms with E-state index in [1.807, 2.05) is 19.1 Å². The Morgan fingerprint density at radius 3 is 2.87 bits per heavy atom. The summed E-state index contributed by atoms with van der Waals surface area (Å²) in [5.41, 5.74) is 1.16. The molecule has 176 valence electrons. The topological polar surface area (TPSA) is 78.4 Å². The molecule has 1 aromatic carbocycles. The van der Waals surface area contributed by atoms with Crippen LogP contribution in [0.4, 0.5) is 5.69 Å². The van der Waals surface area contributed by atoms with Gasteiger partial charge in [0, 0.05) is 64.7 Å². The van der Waals surface area contributed by atoms with Crippen LogP contribution in [-0.2, 0) is 9.53 Å². The Bertz CT molecular complexity index is 687. The summed E-state index contributed by atoms with van der Waals surface area (Å²) < 4.78 is 10.8. The fourth-order valence-electron chi connectivity index (χ4n) is 3.30. The van der Waals surface area contributed by atoms with E-state index in [4.69, 9.17) is 9.47 Å². The van der Waals surface area contributed by atoms with Crippen molar-refractivity contribution < 1.29 is 14.3 Å². The number of carbonyl (C=O) groups excluding carboxylic acids is 1. The molecule has 0 aliphatic carbocycles. The second-order valence-electron chi connectivity index (χ2n) is 7.56. The lowest BCUT2D eigenvalue weighted by molar-refractivity contribution is -0.127. The molecule has 0 bridgehead atoms. The smallest absolute Gasteiger partial charge is 0.243 e. The molecule has 1 atom stereocenters. The first-order chi connectivity index (χ1) is 14.5. The molecule has 1 amide bonds. The molecule has 1 aromatic rings. The van der Waals surface area contributed by atoms with Crippen molar-refractivity contribution in [2.24, 2.45) is 4.99 Å². The molecule has 0 spiro atoms. The maximum atomic E-state index is 12.0. The third kappa shape index (κ3) is 9.94. The Labute approximate surface area is 203 Å². The highest BCUT2D eigenvalue weighted by atomic mass is 127. The van der Waals surface area contributed by atoms with E-state index in [2.05, 4.69) is 32.7 Å². The monoisotopic (exact) mass is 547 g/mol. The molecule has 1 fully saturated rings. The molecule has 0 aromatic heterocycles. The Kier molecular flexibility index (Phi) is 13.3. The fraction of sp³-hybridized carbons (Fsp3) is 0.636. The van der Waals surface area contributed by atoms with Crippen LogP contribution in [-0.4, -0.2) is 83.4 Å². The number of likely N-dealkylation sites (N-methyl/N-ethyl adjacent to an activating group) is 1. The van der Waals surface area contributed by atoms with Gasteiger partial charge in [0.2, 0.25) is 5.91 Å². The maximum absolute atomic E-state index is 12.0. The second kappa shape index (κ2) is 15.1. The van der Waals surface area contributed by atoms with Crippen LogP contribution in [0.2, 0.25) is 0 Å². The summed E-state index contributed by atoms with van der Waals surface area (Å²) >= 11 is 0. The minimum absolute atomic E-state index is 0. The number of carbonyl (C=O) groups is 1. The lowest BCUT2D eigenvalue weighted by Crippen LogP contribution is -2.51. The van der Waals surface area contributed by atoms with Crippen molar-refractivity contribution in [2.75, 3.05) is 65.5 Å². The number of anilines is 1. The lowest BCUT2D eigenvalue weighted by Gasteiger charge is -2.35. The van der Waals surface area contributed by atoms with Gasteiger partial charge in [0.15, 0.2) is 5.96 Å². The molecule has 1 aliphatic heterocycles. The van der Waals surface area contributed by atoms with E-state index in [0.29, 0.717) is 12.6 Å². The number of benzene rings is 1. The van der Waals surface area contributed by atoms with Gasteiger partial charge in [-0.25, -0.2) is 4.99 Å². The summed E-state index contributed by atoms with van der Waals surface area (Å²) in [4.78, 5) is 20.4. The summed E-state index contributed by atoms with van der Waals surface area (Å²) in [6.07, 6.45) is 3.03. The summed E-state index contributed by atoms with van der Waals surface area (Å²) in [5, 5.41) is 6.87. The number of halogens is 1. The average Bonchev–Trinajstić information content (AvgIpc) is 2.77. The van der Waals surface area contributed by atoms with Crippen molar-refractivity contribution >= 4 is 41.5 Å². The molecule has 0 radical (unpaired) electrons. The molecule has 2 rings (SSSR count). The quantitative estimate of drug-likeness (QED) is 0.203. The summed E-state index contributed by atoms with van der Waals surface area (Å²) in [7, 11) is 5.18. The second-order valence-corrected chi connectivity index (χ2v) is 7.56. The first kappa shape index (κ1) is 27.3. The summed E-state index contributed by atoms with van der Waals surface area (Å²) in [6, 6.07) is 8.41. The van der Waals surface area contributed by atoms with Gasteiger partial charge in [-0.2, -0.15) is 0 Å². The van der Waals surface area contributed by atoms with Crippen molar-refractivity contribution in [3.05, 3.63) is 24.3 Å². The maximum Gasteiger partial charge on any atom is 0.243 e. The number of methoxy groups -OCH3 is 1. The first-order valence-corrected chi connectivity index (χ1v) is 10.7. The van der Waals surface area contributed by atoms with Crippen LogP contribution < -0.4 is 20.3 Å². The van der Waals surface area contributed by atoms with E-state index in [9.17, 15) is 4.79 Å². The number of guanidine groups is 1. The third-order valence-electron chi connectivity index (χ3n) is 5.01. The molecule has 31 heavy (non-hydrogen) atoms. The van der Waals surface area contributed by atoms with E-state index >= 15 is 0 Å². The first-order valence-electron chi connectivity index (χ1n) is 10.7. The van der Waals surface area contributed by atoms with Gasteiger partial charge in [-0.1, -0.05) is 6.07 Å². The molecule has 8 nitrogen and oxygen atoms in total. The zero-order valence-electron chi connectivity index (χ0n) is 19.2. The van der Waals surface area contributed by atoms with Crippen LogP contribution in [0.15, 0.2) is 29.3 Å². The highest BCUT2D eigenvalue weighted by Crippen LogP contribution is 2.24. The summed E-state index contributed by atoms with van der Waals surface area (Å²) in [6.45, 7) is 6.17. The largest absolute Gasteiger partial charge is 0.497 e. The van der Waals surface area contributed by atoms with Gasteiger partial charge in [-0.05, 0) is 38.3 Å². The number of hydrogen-bond donors (Lipinski definition) is 2. The molecular weight excluding hydrogens is 509 g/mol. The van der Waals surface area contributed by atoms with Gasteiger partial charge >= 0.3 is 0 Å². The SMILES string of the molecule is CCOCCCNC(=NCC(=O)N(C)C)NC1CCCN(c2cccc(OC)c2)C1.I. The van der Waals surface area contributed by atoms with Crippen molar-refractivity contribution in [1.29, 1.82) is 0 Å². The van der Waals surface area contributed by atoms with Crippen molar-refractivity contribution in [1.82, 2.24) is 15.5 Å². The molecule has 1 heterocycles. The molecular formula is C22H38IN5O3. The standard InChI is InChI=1S/C22H37N5O3.HI/c1-5-30-14-8-12-23-22(24-16-21(28)26(2)3)25-18-9-7-13-27(17-18)19-10-6-11-20(15-19)29-4;/h6,10-11,15,18H,5,7-9,12-14,16-17H2,1-4H3,(H2,23,24,25);1H. The van der Waals surface area contributed by atoms with E-state index in [1.165, 1.54) is 0 Å². The number of nitrogens with zero attached hydrogens (tertiary/aromatic N) is 3. The predicted molar refractivity (Wildman–Crippen MR) is 137 cm³/mol. The Hall–Kier alpha value is -1.75. The fourth-order valence-corrected chi connectivity index (χ4v) is 3.30. The predicted octanol–water partition coefficient (Wildman–Crippen LogP) is 2.33. The van der Waals surface area contributed by atoms with Crippen LogP contribution in [0, 0.1) is 0 Å². The van der Waals surface area contributed by atoms with Gasteiger partial charge in [0.1, 0.15) is 12.3 Å². The van der Waals surface area contributed by atoms with Crippen LogP contribution in [0.3, 0.4) is 0 Å². The molecule has 1 aliphatic rings. The zero-order chi connectivity index (χ0) is 21.8. The zero-order valence-corrected chi connectivity index (χ0v) is 21.6. The highest BCUT2D eigenvalue weighted by Gasteiger charge is 2.21. The van der Waals surface area contributed by atoms with Crippen LogP contribution in [0.25, 0.3) is 0 Å². The van der Waals surface area contributed by atoms with Crippen molar-refractivity contribution in [3.63, 3.8) is 0 Å². The Balaban J connectivity index is 0.00000480. The minimum Gasteiger partial charge on any atom is -0.497 e. The highest BCUT2D eigenvalue weighted by molar-refractivity contribution is 14.0.